The lowest BCUT2D eigenvalue weighted by Crippen LogP contribution is -2.52. The first-order chi connectivity index (χ1) is 9.95. The van der Waals surface area contributed by atoms with Crippen molar-refractivity contribution in [2.75, 3.05) is 5.73 Å². The number of carbonyl (C=O) groups excluding carboxylic acids is 3. The summed E-state index contributed by atoms with van der Waals surface area (Å²) in [4.78, 5) is 34.6. The van der Waals surface area contributed by atoms with Crippen LogP contribution in [-0.2, 0) is 14.4 Å². The van der Waals surface area contributed by atoms with E-state index >= 15 is 0 Å². The highest BCUT2D eigenvalue weighted by Crippen LogP contribution is 2.20. The lowest BCUT2D eigenvalue weighted by Gasteiger charge is -2.22. The summed E-state index contributed by atoms with van der Waals surface area (Å²) in [5, 5.41) is 4.89. The topological polar surface area (TPSA) is 101 Å². The molecular formula is C15H19N3O3. The van der Waals surface area contributed by atoms with Gasteiger partial charge >= 0.3 is 0 Å². The molecule has 1 heterocycles. The minimum Gasteiger partial charge on any atom is -0.399 e. The third kappa shape index (κ3) is 4.05. The number of anilines is 1. The van der Waals surface area contributed by atoms with Crippen molar-refractivity contribution in [1.29, 1.82) is 0 Å². The van der Waals surface area contributed by atoms with Crippen LogP contribution in [0.1, 0.15) is 37.7 Å². The summed E-state index contributed by atoms with van der Waals surface area (Å²) in [5.41, 5.74) is 7.32. The maximum Gasteiger partial charge on any atom is 0.249 e. The van der Waals surface area contributed by atoms with Crippen LogP contribution >= 0.6 is 0 Å². The van der Waals surface area contributed by atoms with Gasteiger partial charge in [-0.3, -0.25) is 19.7 Å². The zero-order valence-electron chi connectivity index (χ0n) is 11.9. The van der Waals surface area contributed by atoms with Crippen LogP contribution in [0.2, 0.25) is 0 Å². The fraction of sp³-hybridized carbons (Fsp3) is 0.400. The number of benzene rings is 1. The van der Waals surface area contributed by atoms with Gasteiger partial charge in [-0.1, -0.05) is 19.1 Å². The van der Waals surface area contributed by atoms with Crippen molar-refractivity contribution in [3.8, 4) is 0 Å². The number of amides is 3. The van der Waals surface area contributed by atoms with Crippen molar-refractivity contribution < 1.29 is 14.4 Å². The third-order valence-corrected chi connectivity index (χ3v) is 3.57. The number of nitrogens with one attached hydrogen (secondary N) is 2. The predicted octanol–water partition coefficient (Wildman–Crippen LogP) is 0.684. The smallest absolute Gasteiger partial charge is 0.249 e. The number of carbonyl (C=O) groups is 3. The van der Waals surface area contributed by atoms with Crippen LogP contribution in [0, 0.1) is 0 Å². The van der Waals surface area contributed by atoms with Crippen molar-refractivity contribution in [2.24, 2.45) is 0 Å². The molecule has 1 aliphatic heterocycles. The maximum atomic E-state index is 12.0. The molecule has 2 rings (SSSR count). The molecule has 2 unspecified atom stereocenters. The van der Waals surface area contributed by atoms with E-state index in [1.807, 2.05) is 19.1 Å². The van der Waals surface area contributed by atoms with Crippen molar-refractivity contribution in [3.05, 3.63) is 29.8 Å². The Bertz CT molecular complexity index is 554. The second-order valence-electron chi connectivity index (χ2n) is 5.34. The van der Waals surface area contributed by atoms with Crippen LogP contribution in [0.4, 0.5) is 5.69 Å². The fourth-order valence-corrected chi connectivity index (χ4v) is 2.31. The van der Waals surface area contributed by atoms with Gasteiger partial charge < -0.3 is 11.1 Å². The Morgan fingerprint density at radius 3 is 2.67 bits per heavy atom. The lowest BCUT2D eigenvalue weighted by molar-refractivity contribution is -0.137. The van der Waals surface area contributed by atoms with E-state index in [2.05, 4.69) is 10.6 Å². The van der Waals surface area contributed by atoms with Gasteiger partial charge in [-0.25, -0.2) is 0 Å². The normalized spacial score (nSPS) is 19.8. The highest BCUT2D eigenvalue weighted by Gasteiger charge is 2.28. The standard InChI is InChI=1S/C15H19N3O3/c1-9(10-2-4-11(16)5-3-10)8-14(20)17-12-6-7-13(19)18-15(12)21/h2-5,9,12H,6-8,16H2,1H3,(H,17,20)(H,18,19,21). The van der Waals surface area contributed by atoms with E-state index in [1.54, 1.807) is 12.1 Å². The molecule has 0 radical (unpaired) electrons. The number of nitrogens with two attached hydrogens (primary N) is 1. The number of nitrogen functional groups attached to an aromatic ring is 1. The Morgan fingerprint density at radius 1 is 1.38 bits per heavy atom. The Hall–Kier alpha value is -2.37. The number of hydrogen-bond donors (Lipinski definition) is 3. The Balaban J connectivity index is 1.88. The van der Waals surface area contributed by atoms with Gasteiger partial charge in [-0.2, -0.15) is 0 Å². The molecule has 0 saturated carbocycles. The molecule has 0 aromatic heterocycles. The molecule has 3 amide bonds. The van der Waals surface area contributed by atoms with E-state index in [-0.39, 0.29) is 30.6 Å². The molecule has 4 N–H and O–H groups in total. The van der Waals surface area contributed by atoms with Crippen molar-refractivity contribution in [3.63, 3.8) is 0 Å². The van der Waals surface area contributed by atoms with Crippen LogP contribution in [0.3, 0.4) is 0 Å². The summed E-state index contributed by atoms with van der Waals surface area (Å²) in [5.74, 6) is -0.895. The zero-order chi connectivity index (χ0) is 15.4. The Labute approximate surface area is 123 Å². The van der Waals surface area contributed by atoms with Crippen LogP contribution < -0.4 is 16.4 Å². The highest BCUT2D eigenvalue weighted by molar-refractivity contribution is 6.01. The maximum absolute atomic E-state index is 12.0. The quantitative estimate of drug-likeness (QED) is 0.560. The fourth-order valence-electron chi connectivity index (χ4n) is 2.31. The number of piperidine rings is 1. The van der Waals surface area contributed by atoms with Crippen molar-refractivity contribution in [2.45, 2.75) is 38.1 Å². The zero-order valence-corrected chi connectivity index (χ0v) is 11.9. The molecule has 0 bridgehead atoms. The van der Waals surface area contributed by atoms with Crippen LogP contribution in [0.5, 0.6) is 0 Å². The Kier molecular flexibility index (Phi) is 4.57. The molecule has 1 fully saturated rings. The molecule has 1 aromatic carbocycles. The van der Waals surface area contributed by atoms with Crippen LogP contribution in [0.25, 0.3) is 0 Å². The average molecular weight is 289 g/mol. The van der Waals surface area contributed by atoms with Crippen LogP contribution in [0.15, 0.2) is 24.3 Å². The third-order valence-electron chi connectivity index (χ3n) is 3.57. The molecule has 1 aromatic rings. The molecule has 6 nitrogen and oxygen atoms in total. The highest BCUT2D eigenvalue weighted by atomic mass is 16.2. The van der Waals surface area contributed by atoms with Gasteiger partial charge in [0.15, 0.2) is 0 Å². The summed E-state index contributed by atoms with van der Waals surface area (Å²) < 4.78 is 0. The van der Waals surface area contributed by atoms with Crippen molar-refractivity contribution in [1.82, 2.24) is 10.6 Å². The number of imide groups is 1. The van der Waals surface area contributed by atoms with Gasteiger partial charge in [0.05, 0.1) is 0 Å². The van der Waals surface area contributed by atoms with E-state index in [0.717, 1.165) is 5.56 Å². The largest absolute Gasteiger partial charge is 0.399 e. The molecule has 0 spiro atoms. The van der Waals surface area contributed by atoms with Gasteiger partial charge in [0.1, 0.15) is 6.04 Å². The molecular weight excluding hydrogens is 270 g/mol. The van der Waals surface area contributed by atoms with Gasteiger partial charge in [0.2, 0.25) is 17.7 Å². The summed E-state index contributed by atoms with van der Waals surface area (Å²) >= 11 is 0. The van der Waals surface area contributed by atoms with E-state index < -0.39 is 11.9 Å². The summed E-state index contributed by atoms with van der Waals surface area (Å²) in [7, 11) is 0. The van der Waals surface area contributed by atoms with Crippen LogP contribution in [-0.4, -0.2) is 23.8 Å². The minimum absolute atomic E-state index is 0.0267. The van der Waals surface area contributed by atoms with E-state index in [4.69, 9.17) is 5.73 Å². The van der Waals surface area contributed by atoms with E-state index in [0.29, 0.717) is 12.1 Å². The van der Waals surface area contributed by atoms with Gasteiger partial charge in [0, 0.05) is 18.5 Å². The summed E-state index contributed by atoms with van der Waals surface area (Å²) in [6.45, 7) is 1.94. The molecule has 112 valence electrons. The van der Waals surface area contributed by atoms with Gasteiger partial charge in [-0.15, -0.1) is 0 Å². The first-order valence-electron chi connectivity index (χ1n) is 6.94. The molecule has 1 saturated heterocycles. The van der Waals surface area contributed by atoms with Gasteiger partial charge in [0.25, 0.3) is 0 Å². The van der Waals surface area contributed by atoms with E-state index in [1.165, 1.54) is 0 Å². The molecule has 0 aliphatic carbocycles. The molecule has 2 atom stereocenters. The monoisotopic (exact) mass is 289 g/mol. The Morgan fingerprint density at radius 2 is 2.05 bits per heavy atom. The second kappa shape index (κ2) is 6.39. The second-order valence-corrected chi connectivity index (χ2v) is 5.34. The minimum atomic E-state index is -0.617. The summed E-state index contributed by atoms with van der Waals surface area (Å²) in [6.07, 6.45) is 0.887. The summed E-state index contributed by atoms with van der Waals surface area (Å²) in [6, 6.07) is 6.75. The lowest BCUT2D eigenvalue weighted by atomic mass is 9.96. The SMILES string of the molecule is CC(CC(=O)NC1CCC(=O)NC1=O)c1ccc(N)cc1. The van der Waals surface area contributed by atoms with E-state index in [9.17, 15) is 14.4 Å². The number of rotatable bonds is 4. The number of hydrogen-bond acceptors (Lipinski definition) is 4. The molecule has 21 heavy (non-hydrogen) atoms. The first kappa shape index (κ1) is 15.0. The van der Waals surface area contributed by atoms with Crippen molar-refractivity contribution >= 4 is 23.4 Å². The molecule has 1 aliphatic rings. The van der Waals surface area contributed by atoms with Gasteiger partial charge in [-0.05, 0) is 30.0 Å². The predicted molar refractivity (Wildman–Crippen MR) is 78.2 cm³/mol. The first-order valence-corrected chi connectivity index (χ1v) is 6.94. The average Bonchev–Trinajstić information content (AvgIpc) is 2.42. The molecule has 6 heteroatoms.